The number of allylic oxidation sites excluding steroid dienone is 1. The number of fused-ring (bicyclic) bond motifs is 1. The van der Waals surface area contributed by atoms with Gasteiger partial charge in [-0.05, 0) is 18.1 Å². The van der Waals surface area contributed by atoms with Crippen molar-refractivity contribution in [3.8, 4) is 0 Å². The molecule has 1 aromatic rings. The SMILES string of the molecule is CC(C)(C)[Si](C)(C)OC1=C(Cl)c2ccccc2C(Cl)(Br)C1=O. The highest BCUT2D eigenvalue weighted by molar-refractivity contribution is 9.10. The number of ketones is 1. The van der Waals surface area contributed by atoms with E-state index in [1.54, 1.807) is 6.07 Å². The third-order valence-electron chi connectivity index (χ3n) is 4.36. The highest BCUT2D eigenvalue weighted by Gasteiger charge is 2.48. The van der Waals surface area contributed by atoms with Crippen LogP contribution in [0.2, 0.25) is 18.1 Å². The van der Waals surface area contributed by atoms with Crippen molar-refractivity contribution < 1.29 is 9.22 Å². The lowest BCUT2D eigenvalue weighted by molar-refractivity contribution is -0.118. The van der Waals surface area contributed by atoms with Crippen LogP contribution < -0.4 is 0 Å². The maximum atomic E-state index is 12.8. The maximum Gasteiger partial charge on any atom is 0.250 e. The molecular weight excluding hydrogens is 403 g/mol. The molecule has 0 spiro atoms. The van der Waals surface area contributed by atoms with Crippen molar-refractivity contribution in [2.45, 2.75) is 42.7 Å². The van der Waals surface area contributed by atoms with Crippen LogP contribution in [-0.2, 0) is 13.0 Å². The molecule has 0 saturated heterocycles. The summed E-state index contributed by atoms with van der Waals surface area (Å²) >= 11 is 16.3. The van der Waals surface area contributed by atoms with Gasteiger partial charge in [0.25, 0.3) is 8.32 Å². The van der Waals surface area contributed by atoms with Gasteiger partial charge in [0.1, 0.15) is 0 Å². The second-order valence-corrected chi connectivity index (χ2v) is 14.3. The fourth-order valence-corrected chi connectivity index (χ4v) is 4.08. The molecule has 1 aliphatic carbocycles. The van der Waals surface area contributed by atoms with Gasteiger partial charge in [-0.2, -0.15) is 0 Å². The van der Waals surface area contributed by atoms with Crippen LogP contribution in [0.25, 0.3) is 5.03 Å². The average Bonchev–Trinajstić information content (AvgIpc) is 2.40. The fourth-order valence-electron chi connectivity index (χ4n) is 1.93. The van der Waals surface area contributed by atoms with Gasteiger partial charge >= 0.3 is 0 Å². The molecule has 0 aromatic heterocycles. The molecule has 0 heterocycles. The van der Waals surface area contributed by atoms with Gasteiger partial charge in [-0.25, -0.2) is 0 Å². The largest absolute Gasteiger partial charge is 0.540 e. The van der Waals surface area contributed by atoms with Gasteiger partial charge in [0, 0.05) is 11.1 Å². The predicted octanol–water partition coefficient (Wildman–Crippen LogP) is 5.99. The molecule has 0 aliphatic heterocycles. The van der Waals surface area contributed by atoms with Crippen molar-refractivity contribution in [2.75, 3.05) is 0 Å². The molecular formula is C16H19BrCl2O2Si. The van der Waals surface area contributed by atoms with Crippen molar-refractivity contribution in [3.63, 3.8) is 0 Å². The van der Waals surface area contributed by atoms with Crippen LogP contribution in [0.1, 0.15) is 31.9 Å². The van der Waals surface area contributed by atoms with Crippen LogP contribution in [0.15, 0.2) is 30.0 Å². The van der Waals surface area contributed by atoms with Crippen LogP contribution in [0, 0.1) is 0 Å². The van der Waals surface area contributed by atoms with Gasteiger partial charge in [-0.15, -0.1) is 0 Å². The Morgan fingerprint density at radius 2 is 1.77 bits per heavy atom. The third kappa shape index (κ3) is 2.91. The van der Waals surface area contributed by atoms with Gasteiger partial charge in [-0.3, -0.25) is 4.79 Å². The van der Waals surface area contributed by atoms with Crippen LogP contribution in [0.5, 0.6) is 0 Å². The Kier molecular flexibility index (Phi) is 4.64. The third-order valence-corrected chi connectivity index (χ3v) is 10.2. The van der Waals surface area contributed by atoms with E-state index in [0.717, 1.165) is 5.56 Å². The first-order chi connectivity index (χ1) is 9.89. The lowest BCUT2D eigenvalue weighted by Crippen LogP contribution is -2.43. The molecule has 0 amide bonds. The Labute approximate surface area is 151 Å². The van der Waals surface area contributed by atoms with E-state index in [1.807, 2.05) is 18.2 Å². The fraction of sp³-hybridized carbons (Fsp3) is 0.438. The van der Waals surface area contributed by atoms with Gasteiger partial charge in [-0.1, -0.05) is 84.2 Å². The quantitative estimate of drug-likeness (QED) is 0.433. The molecule has 0 fully saturated rings. The summed E-state index contributed by atoms with van der Waals surface area (Å²) in [7, 11) is -2.20. The summed E-state index contributed by atoms with van der Waals surface area (Å²) in [4.78, 5) is 12.8. The van der Waals surface area contributed by atoms with E-state index in [2.05, 4.69) is 49.8 Å². The minimum Gasteiger partial charge on any atom is -0.540 e. The summed E-state index contributed by atoms with van der Waals surface area (Å²) < 4.78 is 4.85. The number of halogens is 3. The number of rotatable bonds is 2. The number of carbonyl (C=O) groups is 1. The summed E-state index contributed by atoms with van der Waals surface area (Å²) in [6.45, 7) is 10.5. The van der Waals surface area contributed by atoms with Crippen molar-refractivity contribution >= 4 is 58.3 Å². The molecule has 0 saturated carbocycles. The van der Waals surface area contributed by atoms with Crippen molar-refractivity contribution in [1.82, 2.24) is 0 Å². The first kappa shape index (κ1) is 18.1. The molecule has 120 valence electrons. The van der Waals surface area contributed by atoms with Crippen LogP contribution in [-0.4, -0.2) is 14.1 Å². The highest BCUT2D eigenvalue weighted by Crippen LogP contribution is 2.50. The molecule has 1 unspecified atom stereocenters. The lowest BCUT2D eigenvalue weighted by atomic mass is 9.94. The molecule has 0 bridgehead atoms. The maximum absolute atomic E-state index is 12.8. The van der Waals surface area contributed by atoms with E-state index in [4.69, 9.17) is 27.6 Å². The highest BCUT2D eigenvalue weighted by atomic mass is 79.9. The number of carbonyl (C=O) groups excluding carboxylic acids is 1. The first-order valence-electron chi connectivity index (χ1n) is 7.01. The molecule has 6 heteroatoms. The smallest absolute Gasteiger partial charge is 0.250 e. The minimum absolute atomic E-state index is 0.0459. The molecule has 1 aliphatic rings. The van der Waals surface area contributed by atoms with Crippen molar-refractivity contribution in [2.24, 2.45) is 0 Å². The minimum atomic E-state index is -2.20. The lowest BCUT2D eigenvalue weighted by Gasteiger charge is -2.39. The molecule has 1 aromatic carbocycles. The molecule has 2 nitrogen and oxygen atoms in total. The number of alkyl halides is 2. The second-order valence-electron chi connectivity index (χ2n) is 6.95. The van der Waals surface area contributed by atoms with E-state index in [-0.39, 0.29) is 16.6 Å². The Hall–Kier alpha value is -0.293. The topological polar surface area (TPSA) is 26.3 Å². The molecule has 1 atom stereocenters. The summed E-state index contributed by atoms with van der Waals surface area (Å²) in [6.07, 6.45) is 0. The molecule has 2 rings (SSSR count). The standard InChI is InChI=1S/C16H19BrCl2O2Si/c1-15(2,3)22(4,5)21-13-12(18)10-8-6-7-9-11(10)16(17,19)14(13)20/h6-9H,1-5H3. The number of hydrogen-bond acceptors (Lipinski definition) is 2. The zero-order valence-electron chi connectivity index (χ0n) is 13.3. The van der Waals surface area contributed by atoms with Crippen LogP contribution >= 0.6 is 39.1 Å². The Bertz CT molecular complexity index is 660. The van der Waals surface area contributed by atoms with Crippen molar-refractivity contribution in [3.05, 3.63) is 41.2 Å². The Balaban J connectivity index is 2.59. The van der Waals surface area contributed by atoms with E-state index in [0.29, 0.717) is 10.6 Å². The number of hydrogen-bond donors (Lipinski definition) is 0. The Morgan fingerprint density at radius 3 is 2.32 bits per heavy atom. The van der Waals surface area contributed by atoms with E-state index >= 15 is 0 Å². The molecule has 0 N–H and O–H groups in total. The van der Waals surface area contributed by atoms with Gasteiger partial charge in [0.15, 0.2) is 9.54 Å². The normalized spacial score (nSPS) is 22.6. The zero-order valence-corrected chi connectivity index (χ0v) is 17.4. The van der Waals surface area contributed by atoms with E-state index in [9.17, 15) is 4.79 Å². The average molecular weight is 422 g/mol. The number of benzene rings is 1. The van der Waals surface area contributed by atoms with Gasteiger partial charge < -0.3 is 4.43 Å². The summed E-state index contributed by atoms with van der Waals surface area (Å²) in [5, 5.41) is 0.288. The first-order valence-corrected chi connectivity index (χ1v) is 11.5. The monoisotopic (exact) mass is 420 g/mol. The Morgan fingerprint density at radius 1 is 1.23 bits per heavy atom. The van der Waals surface area contributed by atoms with Crippen LogP contribution in [0.3, 0.4) is 0 Å². The zero-order chi connectivity index (χ0) is 16.9. The van der Waals surface area contributed by atoms with Crippen LogP contribution in [0.4, 0.5) is 0 Å². The summed E-state index contributed by atoms with van der Waals surface area (Å²) in [5.41, 5.74) is 1.37. The van der Waals surface area contributed by atoms with E-state index < -0.39 is 12.1 Å². The van der Waals surface area contributed by atoms with Gasteiger partial charge in [0.2, 0.25) is 5.78 Å². The molecule has 0 radical (unpaired) electrons. The summed E-state index contributed by atoms with van der Waals surface area (Å²) in [5.74, 6) is -0.179. The molecule has 22 heavy (non-hydrogen) atoms. The van der Waals surface area contributed by atoms with E-state index in [1.165, 1.54) is 0 Å². The number of Topliss-reactive ketones (excluding diaryl/α,β-unsaturated/α-hetero) is 1. The van der Waals surface area contributed by atoms with Gasteiger partial charge in [0.05, 0.1) is 5.03 Å². The summed E-state index contributed by atoms with van der Waals surface area (Å²) in [6, 6.07) is 7.33. The second kappa shape index (κ2) is 5.66. The van der Waals surface area contributed by atoms with Crippen molar-refractivity contribution in [1.29, 1.82) is 0 Å². The predicted molar refractivity (Wildman–Crippen MR) is 99.0 cm³/mol.